The van der Waals surface area contributed by atoms with Crippen LogP contribution in [0.3, 0.4) is 0 Å². The van der Waals surface area contributed by atoms with Gasteiger partial charge in [0, 0.05) is 12.4 Å². The molecule has 0 aromatic carbocycles. The van der Waals surface area contributed by atoms with Crippen molar-refractivity contribution in [1.82, 2.24) is 4.98 Å². The molecule has 0 aliphatic rings. The lowest BCUT2D eigenvalue weighted by molar-refractivity contribution is 0.0494. The number of esters is 1. The Bertz CT molecular complexity index is 700. The standard InChI is InChI=1S/C15H18N2O5/c1-5-20-13(18)12-11(17-14(19)22-15(2,3)4)9-8-16-7-6-10(9)21-12/h6-8H,5H2,1-4H3,(H,17,19). The highest BCUT2D eigenvalue weighted by atomic mass is 16.6. The number of hydrogen-bond donors (Lipinski definition) is 1. The fraction of sp³-hybridized carbons (Fsp3) is 0.400. The number of amides is 1. The highest BCUT2D eigenvalue weighted by Crippen LogP contribution is 2.31. The van der Waals surface area contributed by atoms with Crippen molar-refractivity contribution in [3.63, 3.8) is 0 Å². The van der Waals surface area contributed by atoms with Gasteiger partial charge in [-0.1, -0.05) is 0 Å². The van der Waals surface area contributed by atoms with Gasteiger partial charge in [0.2, 0.25) is 5.76 Å². The molecule has 0 saturated carbocycles. The molecule has 7 heteroatoms. The smallest absolute Gasteiger partial charge is 0.412 e. The average Bonchev–Trinajstić information content (AvgIpc) is 2.76. The minimum atomic E-state index is -0.690. The molecule has 0 fully saturated rings. The van der Waals surface area contributed by atoms with Gasteiger partial charge in [0.15, 0.2) is 0 Å². The van der Waals surface area contributed by atoms with E-state index in [2.05, 4.69) is 10.3 Å². The molecule has 0 radical (unpaired) electrons. The third-order valence-corrected chi connectivity index (χ3v) is 2.58. The molecule has 0 atom stereocenters. The van der Waals surface area contributed by atoms with E-state index in [4.69, 9.17) is 13.9 Å². The van der Waals surface area contributed by atoms with Crippen molar-refractivity contribution in [1.29, 1.82) is 0 Å². The van der Waals surface area contributed by atoms with Crippen molar-refractivity contribution in [2.45, 2.75) is 33.3 Å². The van der Waals surface area contributed by atoms with Gasteiger partial charge >= 0.3 is 12.1 Å². The maximum absolute atomic E-state index is 12.0. The Morgan fingerprint density at radius 2 is 2.09 bits per heavy atom. The van der Waals surface area contributed by atoms with Crippen LogP contribution in [0.5, 0.6) is 0 Å². The van der Waals surface area contributed by atoms with Gasteiger partial charge in [-0.05, 0) is 33.8 Å². The molecule has 0 aliphatic carbocycles. The summed E-state index contributed by atoms with van der Waals surface area (Å²) >= 11 is 0. The molecule has 2 aromatic rings. The largest absolute Gasteiger partial charge is 0.460 e. The van der Waals surface area contributed by atoms with E-state index in [0.717, 1.165) is 0 Å². The molecule has 0 unspecified atom stereocenters. The second-order valence-corrected chi connectivity index (χ2v) is 5.53. The molecule has 0 aliphatic heterocycles. The van der Waals surface area contributed by atoms with E-state index < -0.39 is 17.7 Å². The summed E-state index contributed by atoms with van der Waals surface area (Å²) in [7, 11) is 0. The van der Waals surface area contributed by atoms with Gasteiger partial charge in [-0.25, -0.2) is 9.59 Å². The first-order valence-corrected chi connectivity index (χ1v) is 6.85. The normalized spacial score (nSPS) is 11.3. The Hall–Kier alpha value is -2.57. The van der Waals surface area contributed by atoms with Crippen LogP contribution in [0.15, 0.2) is 22.9 Å². The van der Waals surface area contributed by atoms with E-state index in [1.807, 2.05) is 0 Å². The Labute approximate surface area is 127 Å². The molecule has 0 saturated heterocycles. The Morgan fingerprint density at radius 3 is 2.73 bits per heavy atom. The summed E-state index contributed by atoms with van der Waals surface area (Å²) in [5.41, 5.74) is -0.0497. The van der Waals surface area contributed by atoms with Crippen LogP contribution < -0.4 is 5.32 Å². The fourth-order valence-corrected chi connectivity index (χ4v) is 1.81. The van der Waals surface area contributed by atoms with Gasteiger partial charge < -0.3 is 13.9 Å². The van der Waals surface area contributed by atoms with Gasteiger partial charge in [-0.3, -0.25) is 10.3 Å². The third-order valence-electron chi connectivity index (χ3n) is 2.58. The van der Waals surface area contributed by atoms with Crippen molar-refractivity contribution < 1.29 is 23.5 Å². The lowest BCUT2D eigenvalue weighted by Crippen LogP contribution is -2.27. The number of nitrogens with zero attached hydrogens (tertiary/aromatic N) is 1. The topological polar surface area (TPSA) is 90.7 Å². The third kappa shape index (κ3) is 3.55. The quantitative estimate of drug-likeness (QED) is 0.874. The van der Waals surface area contributed by atoms with Crippen molar-refractivity contribution in [2.75, 3.05) is 11.9 Å². The maximum Gasteiger partial charge on any atom is 0.412 e. The molecular formula is C15H18N2O5. The lowest BCUT2D eigenvalue weighted by Gasteiger charge is -2.19. The molecule has 7 nitrogen and oxygen atoms in total. The summed E-state index contributed by atoms with van der Waals surface area (Å²) in [4.78, 5) is 27.9. The highest BCUT2D eigenvalue weighted by Gasteiger charge is 2.25. The van der Waals surface area contributed by atoms with E-state index in [9.17, 15) is 9.59 Å². The zero-order valence-corrected chi connectivity index (χ0v) is 12.9. The van der Waals surface area contributed by atoms with Crippen molar-refractivity contribution in [3.8, 4) is 0 Å². The Balaban J connectivity index is 2.39. The van der Waals surface area contributed by atoms with Gasteiger partial charge in [0.25, 0.3) is 0 Å². The maximum atomic E-state index is 12.0. The number of hydrogen-bond acceptors (Lipinski definition) is 6. The van der Waals surface area contributed by atoms with Crippen LogP contribution in [-0.2, 0) is 9.47 Å². The van der Waals surface area contributed by atoms with Crippen LogP contribution in [-0.4, -0.2) is 29.3 Å². The molecule has 0 bridgehead atoms. The molecule has 2 heterocycles. The number of rotatable bonds is 3. The summed E-state index contributed by atoms with van der Waals surface area (Å²) in [5.74, 6) is -0.750. The van der Waals surface area contributed by atoms with Crippen molar-refractivity contribution in [2.24, 2.45) is 0 Å². The lowest BCUT2D eigenvalue weighted by atomic mass is 10.2. The number of aromatic nitrogens is 1. The summed E-state index contributed by atoms with van der Waals surface area (Å²) < 4.78 is 15.6. The zero-order valence-electron chi connectivity index (χ0n) is 12.9. The second kappa shape index (κ2) is 6.05. The van der Waals surface area contributed by atoms with Crippen LogP contribution in [0.4, 0.5) is 10.5 Å². The van der Waals surface area contributed by atoms with Gasteiger partial charge in [-0.15, -0.1) is 0 Å². The van der Waals surface area contributed by atoms with Crippen molar-refractivity contribution >= 4 is 28.7 Å². The fourth-order valence-electron chi connectivity index (χ4n) is 1.81. The van der Waals surface area contributed by atoms with Crippen LogP contribution in [0.1, 0.15) is 38.2 Å². The number of furan rings is 1. The number of carbonyl (C=O) groups is 2. The molecule has 118 valence electrons. The molecule has 2 rings (SSSR count). The van der Waals surface area contributed by atoms with E-state index in [-0.39, 0.29) is 18.1 Å². The van der Waals surface area contributed by atoms with Crippen LogP contribution >= 0.6 is 0 Å². The Kier molecular flexibility index (Phi) is 4.35. The van der Waals surface area contributed by atoms with Crippen LogP contribution in [0.2, 0.25) is 0 Å². The number of fused-ring (bicyclic) bond motifs is 1. The zero-order chi connectivity index (χ0) is 16.3. The monoisotopic (exact) mass is 306 g/mol. The van der Waals surface area contributed by atoms with E-state index in [1.54, 1.807) is 33.8 Å². The highest BCUT2D eigenvalue weighted by molar-refractivity contribution is 6.08. The number of ether oxygens (including phenoxy) is 2. The van der Waals surface area contributed by atoms with E-state index in [1.165, 1.54) is 12.4 Å². The summed E-state index contributed by atoms with van der Waals surface area (Å²) in [6.45, 7) is 7.11. The number of nitrogens with one attached hydrogen (secondary N) is 1. The first-order chi connectivity index (χ1) is 10.3. The molecule has 1 amide bonds. The van der Waals surface area contributed by atoms with Crippen LogP contribution in [0.25, 0.3) is 11.0 Å². The minimum absolute atomic E-state index is 0.0873. The first-order valence-electron chi connectivity index (χ1n) is 6.85. The summed E-state index contributed by atoms with van der Waals surface area (Å²) in [6, 6.07) is 1.60. The predicted octanol–water partition coefficient (Wildman–Crippen LogP) is 3.35. The molecule has 1 N–H and O–H groups in total. The number of anilines is 1. The average molecular weight is 306 g/mol. The van der Waals surface area contributed by atoms with E-state index >= 15 is 0 Å². The summed E-state index contributed by atoms with van der Waals surface area (Å²) in [6.07, 6.45) is 2.33. The van der Waals surface area contributed by atoms with Gasteiger partial charge in [0.05, 0.1) is 12.0 Å². The van der Waals surface area contributed by atoms with Crippen molar-refractivity contribution in [3.05, 3.63) is 24.2 Å². The summed E-state index contributed by atoms with van der Waals surface area (Å²) in [5, 5.41) is 3.03. The predicted molar refractivity (Wildman–Crippen MR) is 79.8 cm³/mol. The number of pyridine rings is 1. The SMILES string of the molecule is CCOC(=O)c1oc2ccncc2c1NC(=O)OC(C)(C)C. The molecular weight excluding hydrogens is 288 g/mol. The molecule has 22 heavy (non-hydrogen) atoms. The number of carbonyl (C=O) groups excluding carboxylic acids is 2. The van der Waals surface area contributed by atoms with Gasteiger partial charge in [-0.2, -0.15) is 0 Å². The second-order valence-electron chi connectivity index (χ2n) is 5.53. The Morgan fingerprint density at radius 1 is 1.36 bits per heavy atom. The molecule has 2 aromatic heterocycles. The molecule has 0 spiro atoms. The first kappa shape index (κ1) is 15.8. The minimum Gasteiger partial charge on any atom is -0.460 e. The van der Waals surface area contributed by atoms with Crippen LogP contribution in [0, 0.1) is 0 Å². The van der Waals surface area contributed by atoms with E-state index in [0.29, 0.717) is 11.0 Å². The van der Waals surface area contributed by atoms with Gasteiger partial charge in [0.1, 0.15) is 16.9 Å².